The largest absolute Gasteiger partial charge is 2.00 e. The summed E-state index contributed by atoms with van der Waals surface area (Å²) in [5.41, 5.74) is 0. The first kappa shape index (κ1) is 30.5. The molecule has 5 N–H and O–H groups in total. The van der Waals surface area contributed by atoms with Crippen LogP contribution in [0.2, 0.25) is 0 Å². The molecule has 0 aliphatic heterocycles. The van der Waals surface area contributed by atoms with E-state index < -0.39 is 7.82 Å². The Labute approximate surface area is 97.7 Å². The van der Waals surface area contributed by atoms with Gasteiger partial charge in [-0.15, -0.1) is 0 Å². The van der Waals surface area contributed by atoms with E-state index in [-0.39, 0.29) is 71.7 Å². The van der Waals surface area contributed by atoms with Crippen molar-refractivity contribution in [1.29, 1.82) is 0 Å². The van der Waals surface area contributed by atoms with Gasteiger partial charge in [0.15, 0.2) is 0 Å². The van der Waals surface area contributed by atoms with E-state index in [4.69, 9.17) is 19.2 Å². The number of rotatable bonds is 0. The van der Waals surface area contributed by atoms with Crippen LogP contribution in [-0.4, -0.2) is 76.6 Å². The molecule has 0 fully saturated rings. The Morgan fingerprint density at radius 3 is 1.22 bits per heavy atom. The van der Waals surface area contributed by atoms with Crippen molar-refractivity contribution in [3.8, 4) is 0 Å². The van der Waals surface area contributed by atoms with Crippen molar-refractivity contribution in [2.24, 2.45) is 0 Å². The zero-order valence-corrected chi connectivity index (χ0v) is 9.05. The smallest absolute Gasteiger partial charge is 0.790 e. The second-order valence-corrected chi connectivity index (χ2v) is 1.41. The van der Waals surface area contributed by atoms with Crippen LogP contribution in [0.15, 0.2) is 0 Å². The van der Waals surface area contributed by atoms with Crippen LogP contribution in [0.25, 0.3) is 0 Å². The van der Waals surface area contributed by atoms with Crippen LogP contribution in [0.3, 0.4) is 0 Å². The van der Waals surface area contributed by atoms with Crippen molar-refractivity contribution < 1.29 is 30.2 Å². The molecule has 9 heavy (non-hydrogen) atoms. The molecule has 6 nitrogen and oxygen atoms in total. The molecule has 9 heteroatoms. The molecule has 0 radical (unpaired) electrons. The predicted octanol–water partition coefficient (Wildman–Crippen LogP) is -4.60. The van der Waals surface area contributed by atoms with Gasteiger partial charge in [0.25, 0.3) is 0 Å². The van der Waals surface area contributed by atoms with E-state index in [1.807, 2.05) is 0 Å². The number of phosphoric acid groups is 1. The normalized spacial score (nSPS) is 6.56. The van der Waals surface area contributed by atoms with Crippen LogP contribution < -0.4 is 9.79 Å². The Hall–Kier alpha value is 2.06. The van der Waals surface area contributed by atoms with E-state index in [0.29, 0.717) is 0 Å². The molecule has 0 bridgehead atoms. The quantitative estimate of drug-likeness (QED) is 0.306. The first-order chi connectivity index (χ1) is 2.00. The Bertz CT molecular complexity index is 59.2. The van der Waals surface area contributed by atoms with Crippen molar-refractivity contribution in [3.05, 3.63) is 0 Å². The fourth-order valence-electron chi connectivity index (χ4n) is 0. The molecule has 0 spiro atoms. The van der Waals surface area contributed by atoms with Gasteiger partial charge in [-0.25, -0.2) is 0 Å². The molecular weight excluding hydrogens is 191 g/mol. The molecule has 0 rings (SSSR count). The van der Waals surface area contributed by atoms with E-state index >= 15 is 0 Å². The van der Waals surface area contributed by atoms with Crippen LogP contribution in [0.5, 0.6) is 0 Å². The maximum absolute atomic E-state index is 8.66. The monoisotopic (exact) mass is 196 g/mol. The molecule has 0 atom stereocenters. The molecule has 0 aromatic heterocycles. The topological polar surface area (TPSA) is 146 Å². The fourth-order valence-corrected chi connectivity index (χ4v) is 0. The zero-order valence-electron chi connectivity index (χ0n) is 4.53. The van der Waals surface area contributed by atoms with Crippen molar-refractivity contribution in [1.82, 2.24) is 0 Å². The van der Waals surface area contributed by atoms with Gasteiger partial charge in [0, 0.05) is 0 Å². The van der Waals surface area contributed by atoms with E-state index in [1.165, 1.54) is 0 Å². The molecule has 0 saturated carbocycles. The van der Waals surface area contributed by atoms with Gasteiger partial charge in [-0.2, -0.15) is 0 Å². The summed E-state index contributed by atoms with van der Waals surface area (Å²) in [6.07, 6.45) is 0. The molecular formula is H5CaMgO6P+2. The third-order valence-electron chi connectivity index (χ3n) is 0. The average Bonchev–Trinajstić information content (AvgIpc) is 0.722. The van der Waals surface area contributed by atoms with E-state index in [9.17, 15) is 0 Å². The molecule has 0 amide bonds. The number of hydrogen-bond donors (Lipinski definition) is 1. The van der Waals surface area contributed by atoms with Crippen molar-refractivity contribution in [2.75, 3.05) is 0 Å². The van der Waals surface area contributed by atoms with Crippen LogP contribution >= 0.6 is 7.82 Å². The summed E-state index contributed by atoms with van der Waals surface area (Å²) in [5, 5.41) is 0. The Morgan fingerprint density at radius 1 is 1.22 bits per heavy atom. The first-order valence-electron chi connectivity index (χ1n) is 0.748. The summed E-state index contributed by atoms with van der Waals surface area (Å²) >= 11 is 0. The standard InChI is InChI=1S/Ca.Mg.H3O4P.2H2O/c;;1-5(2,3)4;;/h;;(H3,1,2,3,4);2*1H2/q2*+2;;;/p-2. The first-order valence-corrected chi connectivity index (χ1v) is 2.24. The van der Waals surface area contributed by atoms with E-state index in [2.05, 4.69) is 0 Å². The average molecular weight is 196 g/mol. The third-order valence-corrected chi connectivity index (χ3v) is 0. The second-order valence-electron chi connectivity index (χ2n) is 0.469. The van der Waals surface area contributed by atoms with Gasteiger partial charge in [-0.05, 0) is 0 Å². The molecule has 0 heterocycles. The van der Waals surface area contributed by atoms with Crippen LogP contribution in [0.4, 0.5) is 0 Å². The Morgan fingerprint density at radius 2 is 1.22 bits per heavy atom. The van der Waals surface area contributed by atoms with Crippen LogP contribution in [0, 0.1) is 0 Å². The summed E-state index contributed by atoms with van der Waals surface area (Å²) in [6.45, 7) is 0. The minimum absolute atomic E-state index is 0. The SMILES string of the molecule is O.O.O=P([O-])([O-])O.[Ca+2].[Mg+2]. The summed E-state index contributed by atoms with van der Waals surface area (Å²) in [6, 6.07) is 0. The molecule has 0 aliphatic rings. The molecule has 0 aromatic rings. The van der Waals surface area contributed by atoms with Crippen LogP contribution in [-0.2, 0) is 4.57 Å². The summed E-state index contributed by atoms with van der Waals surface area (Å²) in [7, 11) is -5.14. The van der Waals surface area contributed by atoms with E-state index in [1.54, 1.807) is 0 Å². The van der Waals surface area contributed by atoms with Crippen molar-refractivity contribution in [2.45, 2.75) is 0 Å². The Kier molecular flexibility index (Phi) is 43.0. The fraction of sp³-hybridized carbons (Fsp3) is 0. The third kappa shape index (κ3) is 154. The molecule has 0 saturated heterocycles. The zero-order chi connectivity index (χ0) is 4.50. The summed E-state index contributed by atoms with van der Waals surface area (Å²) in [4.78, 5) is 24.3. The minimum atomic E-state index is -5.14. The van der Waals surface area contributed by atoms with Crippen molar-refractivity contribution >= 4 is 68.6 Å². The summed E-state index contributed by atoms with van der Waals surface area (Å²) < 4.78 is 8.66. The van der Waals surface area contributed by atoms with Gasteiger partial charge in [-0.3, -0.25) is 0 Å². The van der Waals surface area contributed by atoms with Gasteiger partial charge in [0.05, 0.1) is 7.82 Å². The Balaban J connectivity index is -0.0000000133. The molecule has 0 aromatic carbocycles. The van der Waals surface area contributed by atoms with Gasteiger partial charge in [0.1, 0.15) is 0 Å². The second kappa shape index (κ2) is 12.7. The van der Waals surface area contributed by atoms with Gasteiger partial charge in [0.2, 0.25) is 0 Å². The van der Waals surface area contributed by atoms with E-state index in [0.717, 1.165) is 0 Å². The predicted molar refractivity (Wildman–Crippen MR) is 28.6 cm³/mol. The van der Waals surface area contributed by atoms with Crippen molar-refractivity contribution in [3.63, 3.8) is 0 Å². The molecule has 48 valence electrons. The van der Waals surface area contributed by atoms with Gasteiger partial charge in [-0.1, -0.05) is 0 Å². The maximum atomic E-state index is 8.66. The summed E-state index contributed by atoms with van der Waals surface area (Å²) in [5.74, 6) is 0. The maximum Gasteiger partial charge on any atom is 2.00 e. The van der Waals surface area contributed by atoms with Gasteiger partial charge < -0.3 is 30.2 Å². The van der Waals surface area contributed by atoms with Gasteiger partial charge >= 0.3 is 60.8 Å². The molecule has 0 unspecified atom stereocenters. The number of hydrogen-bond acceptors (Lipinski definition) is 3. The van der Waals surface area contributed by atoms with Crippen LogP contribution in [0.1, 0.15) is 0 Å². The molecule has 0 aliphatic carbocycles. The minimum Gasteiger partial charge on any atom is -0.790 e.